The van der Waals surface area contributed by atoms with Crippen LogP contribution in [0.15, 0.2) is 36.7 Å². The molecule has 0 fully saturated rings. The van der Waals surface area contributed by atoms with Gasteiger partial charge in [0.15, 0.2) is 5.82 Å². The molecule has 22 heavy (non-hydrogen) atoms. The molecule has 0 saturated carbocycles. The minimum atomic E-state index is -0.333. The summed E-state index contributed by atoms with van der Waals surface area (Å²) in [6.45, 7) is 2.91. The lowest BCUT2D eigenvalue weighted by Gasteiger charge is -2.17. The molecule has 1 unspecified atom stereocenters. The summed E-state index contributed by atoms with van der Waals surface area (Å²) >= 11 is 0. The fourth-order valence-corrected chi connectivity index (χ4v) is 2.14. The molecule has 0 radical (unpaired) electrons. The summed E-state index contributed by atoms with van der Waals surface area (Å²) in [6.07, 6.45) is 2.21. The highest BCUT2D eigenvalue weighted by Crippen LogP contribution is 2.03. The number of aliphatic hydroxyl groups is 1. The molecule has 1 aromatic heterocycles. The topological polar surface area (TPSA) is 92.1 Å². The maximum absolute atomic E-state index is 11.9. The second-order valence-corrected chi connectivity index (χ2v) is 4.93. The number of aromatic nitrogens is 3. The van der Waals surface area contributed by atoms with Crippen molar-refractivity contribution in [1.29, 1.82) is 0 Å². The quantitative estimate of drug-likeness (QED) is 0.702. The molecule has 7 nitrogen and oxygen atoms in total. The zero-order valence-electron chi connectivity index (χ0n) is 12.6. The molecule has 7 heteroatoms. The van der Waals surface area contributed by atoms with Gasteiger partial charge >= 0.3 is 6.03 Å². The molecular formula is C15H21N5O2. The first-order chi connectivity index (χ1) is 10.7. The van der Waals surface area contributed by atoms with Crippen LogP contribution in [0.5, 0.6) is 0 Å². The number of urea groups is 1. The van der Waals surface area contributed by atoms with Crippen molar-refractivity contribution in [2.75, 3.05) is 6.61 Å². The minimum absolute atomic E-state index is 0.118. The number of hydrogen-bond acceptors (Lipinski definition) is 4. The van der Waals surface area contributed by atoms with Crippen molar-refractivity contribution in [2.45, 2.75) is 32.5 Å². The van der Waals surface area contributed by atoms with Crippen LogP contribution in [0.2, 0.25) is 0 Å². The lowest BCUT2D eigenvalue weighted by Crippen LogP contribution is -2.44. The Hall–Kier alpha value is -2.41. The minimum Gasteiger partial charge on any atom is -0.394 e. The van der Waals surface area contributed by atoms with Crippen molar-refractivity contribution in [2.24, 2.45) is 0 Å². The monoisotopic (exact) mass is 303 g/mol. The first kappa shape index (κ1) is 16.0. The first-order valence-corrected chi connectivity index (χ1v) is 7.28. The zero-order valence-corrected chi connectivity index (χ0v) is 12.6. The van der Waals surface area contributed by atoms with Crippen molar-refractivity contribution >= 4 is 6.03 Å². The molecule has 1 atom stereocenters. The van der Waals surface area contributed by atoms with E-state index in [2.05, 4.69) is 20.8 Å². The van der Waals surface area contributed by atoms with Crippen LogP contribution in [0, 0.1) is 0 Å². The maximum Gasteiger partial charge on any atom is 0.315 e. The van der Waals surface area contributed by atoms with Crippen molar-refractivity contribution in [3.8, 4) is 0 Å². The SMILES string of the molecule is CCn1cnnc1CNC(=O)NC(CO)Cc1ccccc1. The van der Waals surface area contributed by atoms with Gasteiger partial charge in [-0.2, -0.15) is 0 Å². The van der Waals surface area contributed by atoms with Crippen molar-refractivity contribution in [3.05, 3.63) is 48.0 Å². The third kappa shape index (κ3) is 4.56. The van der Waals surface area contributed by atoms with E-state index in [-0.39, 0.29) is 18.7 Å². The number of benzene rings is 1. The number of aryl methyl sites for hydroxylation is 1. The third-order valence-electron chi connectivity index (χ3n) is 3.32. The van der Waals surface area contributed by atoms with E-state index in [9.17, 15) is 9.90 Å². The van der Waals surface area contributed by atoms with E-state index in [4.69, 9.17) is 0 Å². The van der Waals surface area contributed by atoms with Gasteiger partial charge in [-0.05, 0) is 18.9 Å². The normalized spacial score (nSPS) is 11.9. The Morgan fingerprint density at radius 1 is 1.36 bits per heavy atom. The Kier molecular flexibility index (Phi) is 5.91. The molecule has 1 aromatic carbocycles. The molecule has 0 spiro atoms. The molecule has 0 aliphatic carbocycles. The van der Waals surface area contributed by atoms with Crippen LogP contribution in [-0.2, 0) is 19.5 Å². The average molecular weight is 303 g/mol. The van der Waals surface area contributed by atoms with E-state index >= 15 is 0 Å². The lowest BCUT2D eigenvalue weighted by atomic mass is 10.1. The molecule has 2 aromatic rings. The molecule has 2 amide bonds. The highest BCUT2D eigenvalue weighted by molar-refractivity contribution is 5.74. The molecule has 0 saturated heterocycles. The van der Waals surface area contributed by atoms with Crippen LogP contribution in [0.4, 0.5) is 4.79 Å². The van der Waals surface area contributed by atoms with Crippen LogP contribution in [0.25, 0.3) is 0 Å². The zero-order chi connectivity index (χ0) is 15.8. The van der Waals surface area contributed by atoms with Gasteiger partial charge in [-0.3, -0.25) is 0 Å². The molecule has 3 N–H and O–H groups in total. The predicted octanol–water partition coefficient (Wildman–Crippen LogP) is 0.701. The first-order valence-electron chi connectivity index (χ1n) is 7.28. The highest BCUT2D eigenvalue weighted by atomic mass is 16.3. The summed E-state index contributed by atoms with van der Waals surface area (Å²) in [6, 6.07) is 9.06. The number of nitrogens with one attached hydrogen (secondary N) is 2. The summed E-state index contributed by atoms with van der Waals surface area (Å²) < 4.78 is 1.85. The predicted molar refractivity (Wildman–Crippen MR) is 82.1 cm³/mol. The molecule has 0 aliphatic rings. The van der Waals surface area contributed by atoms with E-state index < -0.39 is 0 Å². The van der Waals surface area contributed by atoms with Gasteiger partial charge in [-0.15, -0.1) is 10.2 Å². The summed E-state index contributed by atoms with van der Waals surface area (Å²) in [5.74, 6) is 0.696. The molecule has 0 bridgehead atoms. The summed E-state index contributed by atoms with van der Waals surface area (Å²) in [7, 11) is 0. The van der Waals surface area contributed by atoms with Crippen LogP contribution >= 0.6 is 0 Å². The van der Waals surface area contributed by atoms with Crippen LogP contribution in [0.3, 0.4) is 0 Å². The summed E-state index contributed by atoms with van der Waals surface area (Å²) in [4.78, 5) is 11.9. The van der Waals surface area contributed by atoms with Gasteiger partial charge in [0, 0.05) is 6.54 Å². The second kappa shape index (κ2) is 8.14. The number of aliphatic hydroxyl groups excluding tert-OH is 1. The molecule has 2 rings (SSSR count). The molecule has 1 heterocycles. The van der Waals surface area contributed by atoms with Gasteiger partial charge in [0.25, 0.3) is 0 Å². The van der Waals surface area contributed by atoms with Crippen LogP contribution in [-0.4, -0.2) is 38.6 Å². The Balaban J connectivity index is 1.82. The fourth-order valence-electron chi connectivity index (χ4n) is 2.14. The average Bonchev–Trinajstić information content (AvgIpc) is 3.00. The largest absolute Gasteiger partial charge is 0.394 e. The molecule has 118 valence electrons. The Morgan fingerprint density at radius 2 is 2.14 bits per heavy atom. The maximum atomic E-state index is 11.9. The number of carbonyl (C=O) groups excluding carboxylic acids is 1. The Bertz CT molecular complexity index is 585. The molecular weight excluding hydrogens is 282 g/mol. The van der Waals surface area contributed by atoms with Gasteiger partial charge in [0.1, 0.15) is 6.33 Å². The van der Waals surface area contributed by atoms with Gasteiger partial charge < -0.3 is 20.3 Å². The highest BCUT2D eigenvalue weighted by Gasteiger charge is 2.12. The van der Waals surface area contributed by atoms with Crippen molar-refractivity contribution in [3.63, 3.8) is 0 Å². The van der Waals surface area contributed by atoms with Gasteiger partial charge in [-0.1, -0.05) is 30.3 Å². The Morgan fingerprint density at radius 3 is 2.82 bits per heavy atom. The van der Waals surface area contributed by atoms with Crippen LogP contribution in [0.1, 0.15) is 18.3 Å². The summed E-state index contributed by atoms with van der Waals surface area (Å²) in [5, 5.41) is 22.6. The third-order valence-corrected chi connectivity index (χ3v) is 3.32. The smallest absolute Gasteiger partial charge is 0.315 e. The number of amides is 2. The van der Waals surface area contributed by atoms with Crippen molar-refractivity contribution in [1.82, 2.24) is 25.4 Å². The lowest BCUT2D eigenvalue weighted by molar-refractivity contribution is 0.215. The number of nitrogens with zero attached hydrogens (tertiary/aromatic N) is 3. The second-order valence-electron chi connectivity index (χ2n) is 4.93. The summed E-state index contributed by atoms with van der Waals surface area (Å²) in [5.41, 5.74) is 1.06. The van der Waals surface area contributed by atoms with Gasteiger partial charge in [0.2, 0.25) is 0 Å². The van der Waals surface area contributed by atoms with Gasteiger partial charge in [-0.25, -0.2) is 4.79 Å². The molecule has 0 aliphatic heterocycles. The number of rotatable bonds is 7. The van der Waals surface area contributed by atoms with E-state index in [1.54, 1.807) is 6.33 Å². The van der Waals surface area contributed by atoms with E-state index in [0.29, 0.717) is 18.8 Å². The van der Waals surface area contributed by atoms with E-state index in [1.807, 2.05) is 41.8 Å². The van der Waals surface area contributed by atoms with E-state index in [0.717, 1.165) is 12.1 Å². The Labute approximate surface area is 129 Å². The number of carbonyl (C=O) groups is 1. The standard InChI is InChI=1S/C15H21N5O2/c1-2-20-11-17-19-14(20)9-16-15(22)18-13(10-21)8-12-6-4-3-5-7-12/h3-7,11,13,21H,2,8-10H2,1H3,(H2,16,18,22). The number of hydrogen-bond donors (Lipinski definition) is 3. The van der Waals surface area contributed by atoms with E-state index in [1.165, 1.54) is 0 Å². The fraction of sp³-hybridized carbons (Fsp3) is 0.400. The van der Waals surface area contributed by atoms with Crippen LogP contribution < -0.4 is 10.6 Å². The van der Waals surface area contributed by atoms with Gasteiger partial charge in [0.05, 0.1) is 19.2 Å². The van der Waals surface area contributed by atoms with Crippen molar-refractivity contribution < 1.29 is 9.90 Å².